The molecule has 0 unspecified atom stereocenters. The van der Waals surface area contributed by atoms with E-state index < -0.39 is 5.76 Å². The molecule has 0 bridgehead atoms. The molecule has 1 saturated heterocycles. The molecule has 2 N–H and O–H groups in total. The van der Waals surface area contributed by atoms with Crippen LogP contribution in [-0.4, -0.2) is 48.6 Å². The number of urea groups is 1. The van der Waals surface area contributed by atoms with Gasteiger partial charge in [-0.3, -0.25) is 4.98 Å². The van der Waals surface area contributed by atoms with Crippen LogP contribution in [0.25, 0.3) is 11.1 Å². The summed E-state index contributed by atoms with van der Waals surface area (Å²) in [5.41, 5.74) is 2.36. The highest BCUT2D eigenvalue weighted by molar-refractivity contribution is 5.78. The third kappa shape index (κ3) is 3.72. The Morgan fingerprint density at radius 2 is 1.96 bits per heavy atom. The van der Waals surface area contributed by atoms with Crippen LogP contribution in [0, 0.1) is 5.41 Å². The molecule has 130 valence electrons. The molecule has 0 atom stereocenters. The van der Waals surface area contributed by atoms with Gasteiger partial charge in [-0.15, -0.1) is 0 Å². The number of anilines is 1. The maximum absolute atomic E-state index is 12.2. The fourth-order valence-electron chi connectivity index (χ4n) is 2.76. The second-order valence-electron chi connectivity index (χ2n) is 7.39. The van der Waals surface area contributed by atoms with Gasteiger partial charge in [0.2, 0.25) is 0 Å². The highest BCUT2D eigenvalue weighted by Crippen LogP contribution is 2.21. The van der Waals surface area contributed by atoms with Crippen molar-refractivity contribution in [1.29, 1.82) is 0 Å². The number of aromatic nitrogens is 1. The number of fused-ring (bicyclic) bond motifs is 1. The van der Waals surface area contributed by atoms with E-state index >= 15 is 0 Å². The maximum Gasteiger partial charge on any atom is 0.417 e. The zero-order chi connectivity index (χ0) is 17.3. The summed E-state index contributed by atoms with van der Waals surface area (Å²) in [5, 5.41) is 2.99. The minimum atomic E-state index is -0.442. The number of benzene rings is 1. The van der Waals surface area contributed by atoms with Crippen LogP contribution < -0.4 is 16.0 Å². The Labute approximate surface area is 140 Å². The Kier molecular flexibility index (Phi) is 4.26. The van der Waals surface area contributed by atoms with E-state index in [9.17, 15) is 9.59 Å². The third-order valence-corrected chi connectivity index (χ3v) is 4.10. The standard InChI is InChI=1S/C17H24N4O3/c1-17(2,3)11-18-15(22)21-8-6-20(7-9-21)12-4-5-14-13(10-12)19-16(23)24-14/h4-5,10H,6-9,11H2,1-3H3,(H,18,22)(H,19,23). The molecule has 0 radical (unpaired) electrons. The monoisotopic (exact) mass is 332 g/mol. The summed E-state index contributed by atoms with van der Waals surface area (Å²) in [6, 6.07) is 5.65. The second-order valence-corrected chi connectivity index (χ2v) is 7.39. The maximum atomic E-state index is 12.2. The summed E-state index contributed by atoms with van der Waals surface area (Å²) in [7, 11) is 0. The molecule has 0 spiro atoms. The SMILES string of the molecule is CC(C)(C)CNC(=O)N1CCN(c2ccc3oc(=O)[nH]c3c2)CC1. The fourth-order valence-corrected chi connectivity index (χ4v) is 2.76. The molecule has 1 aromatic heterocycles. The van der Waals surface area contributed by atoms with E-state index in [1.807, 2.05) is 17.0 Å². The normalized spacial score (nSPS) is 15.8. The Bertz CT molecular complexity index is 779. The minimum Gasteiger partial charge on any atom is -0.408 e. The number of H-pyrrole nitrogens is 1. The molecule has 1 aliphatic heterocycles. The summed E-state index contributed by atoms with van der Waals surface area (Å²) in [5.74, 6) is -0.442. The third-order valence-electron chi connectivity index (χ3n) is 4.10. The molecule has 1 aromatic carbocycles. The van der Waals surface area contributed by atoms with Gasteiger partial charge in [-0.25, -0.2) is 9.59 Å². The molecule has 2 heterocycles. The minimum absolute atomic E-state index is 0.000748. The van der Waals surface area contributed by atoms with Gasteiger partial charge in [0, 0.05) is 38.4 Å². The van der Waals surface area contributed by atoms with Crippen molar-refractivity contribution in [2.75, 3.05) is 37.6 Å². The largest absolute Gasteiger partial charge is 0.417 e. The zero-order valence-electron chi connectivity index (χ0n) is 14.4. The number of hydrogen-bond acceptors (Lipinski definition) is 4. The summed E-state index contributed by atoms with van der Waals surface area (Å²) >= 11 is 0. The van der Waals surface area contributed by atoms with Gasteiger partial charge in [0.1, 0.15) is 0 Å². The van der Waals surface area contributed by atoms with E-state index in [4.69, 9.17) is 4.42 Å². The van der Waals surface area contributed by atoms with E-state index in [-0.39, 0.29) is 11.4 Å². The molecule has 0 aliphatic carbocycles. The first kappa shape index (κ1) is 16.4. The number of aromatic amines is 1. The van der Waals surface area contributed by atoms with E-state index in [1.165, 1.54) is 0 Å². The van der Waals surface area contributed by atoms with Crippen molar-refractivity contribution in [1.82, 2.24) is 15.2 Å². The Morgan fingerprint density at radius 3 is 2.62 bits per heavy atom. The number of nitrogens with zero attached hydrogens (tertiary/aromatic N) is 2. The molecule has 2 amide bonds. The number of hydrogen-bond donors (Lipinski definition) is 2. The number of carbonyl (C=O) groups excluding carboxylic acids is 1. The van der Waals surface area contributed by atoms with Crippen molar-refractivity contribution in [3.05, 3.63) is 28.7 Å². The van der Waals surface area contributed by atoms with Gasteiger partial charge < -0.3 is 19.5 Å². The first-order valence-electron chi connectivity index (χ1n) is 8.22. The smallest absolute Gasteiger partial charge is 0.408 e. The Morgan fingerprint density at radius 1 is 1.25 bits per heavy atom. The summed E-state index contributed by atoms with van der Waals surface area (Å²) in [6.07, 6.45) is 0. The van der Waals surface area contributed by atoms with Gasteiger partial charge >= 0.3 is 11.8 Å². The van der Waals surface area contributed by atoms with Crippen molar-refractivity contribution >= 4 is 22.8 Å². The van der Waals surface area contributed by atoms with Gasteiger partial charge in [-0.2, -0.15) is 0 Å². The molecule has 0 saturated carbocycles. The number of nitrogens with one attached hydrogen (secondary N) is 2. The molecule has 2 aromatic rings. The average molecular weight is 332 g/mol. The van der Waals surface area contributed by atoms with Crippen LogP contribution in [0.15, 0.2) is 27.4 Å². The van der Waals surface area contributed by atoms with E-state index in [1.54, 1.807) is 6.07 Å². The van der Waals surface area contributed by atoms with Crippen LogP contribution in [-0.2, 0) is 0 Å². The van der Waals surface area contributed by atoms with Crippen molar-refractivity contribution < 1.29 is 9.21 Å². The molecular weight excluding hydrogens is 308 g/mol. The molecule has 1 fully saturated rings. The number of piperazine rings is 1. The summed E-state index contributed by atoms with van der Waals surface area (Å²) in [6.45, 7) is 9.83. The van der Waals surface area contributed by atoms with Crippen LogP contribution in [0.1, 0.15) is 20.8 Å². The van der Waals surface area contributed by atoms with Crippen molar-refractivity contribution in [2.45, 2.75) is 20.8 Å². The van der Waals surface area contributed by atoms with Crippen LogP contribution >= 0.6 is 0 Å². The predicted molar refractivity (Wildman–Crippen MR) is 93.5 cm³/mol. The van der Waals surface area contributed by atoms with Gasteiger partial charge in [-0.05, 0) is 23.6 Å². The van der Waals surface area contributed by atoms with Gasteiger partial charge in [0.25, 0.3) is 0 Å². The quantitative estimate of drug-likeness (QED) is 0.881. The lowest BCUT2D eigenvalue weighted by molar-refractivity contribution is 0.189. The number of oxazole rings is 1. The van der Waals surface area contributed by atoms with Gasteiger partial charge in [0.15, 0.2) is 5.58 Å². The first-order valence-corrected chi connectivity index (χ1v) is 8.22. The second kappa shape index (κ2) is 6.22. The average Bonchev–Trinajstić information content (AvgIpc) is 2.91. The molecular formula is C17H24N4O3. The van der Waals surface area contributed by atoms with Crippen LogP contribution in [0.2, 0.25) is 0 Å². The predicted octanol–water partition coefficient (Wildman–Crippen LogP) is 2.00. The Balaban J connectivity index is 1.59. The van der Waals surface area contributed by atoms with Crippen molar-refractivity contribution in [2.24, 2.45) is 5.41 Å². The van der Waals surface area contributed by atoms with Crippen molar-refractivity contribution in [3.8, 4) is 0 Å². The van der Waals surface area contributed by atoms with Crippen LogP contribution in [0.4, 0.5) is 10.5 Å². The molecule has 7 nitrogen and oxygen atoms in total. The lowest BCUT2D eigenvalue weighted by Crippen LogP contribution is -2.52. The van der Waals surface area contributed by atoms with Gasteiger partial charge in [-0.1, -0.05) is 20.8 Å². The number of rotatable bonds is 2. The fraction of sp³-hybridized carbons (Fsp3) is 0.529. The molecule has 1 aliphatic rings. The highest BCUT2D eigenvalue weighted by atomic mass is 16.4. The first-order chi connectivity index (χ1) is 11.3. The molecule has 7 heteroatoms. The summed E-state index contributed by atoms with van der Waals surface area (Å²) < 4.78 is 5.02. The topological polar surface area (TPSA) is 81.6 Å². The van der Waals surface area contributed by atoms with E-state index in [0.717, 1.165) is 18.8 Å². The van der Waals surface area contributed by atoms with Crippen LogP contribution in [0.3, 0.4) is 0 Å². The van der Waals surface area contributed by atoms with Crippen molar-refractivity contribution in [3.63, 3.8) is 0 Å². The lowest BCUT2D eigenvalue weighted by atomic mass is 9.97. The van der Waals surface area contributed by atoms with E-state index in [2.05, 4.69) is 36.0 Å². The number of amides is 2. The van der Waals surface area contributed by atoms with Crippen LogP contribution in [0.5, 0.6) is 0 Å². The Hall–Kier alpha value is -2.44. The lowest BCUT2D eigenvalue weighted by Gasteiger charge is -2.36. The number of carbonyl (C=O) groups is 1. The summed E-state index contributed by atoms with van der Waals surface area (Å²) in [4.78, 5) is 30.2. The zero-order valence-corrected chi connectivity index (χ0v) is 14.4. The highest BCUT2D eigenvalue weighted by Gasteiger charge is 2.22. The molecule has 24 heavy (non-hydrogen) atoms. The van der Waals surface area contributed by atoms with E-state index in [0.29, 0.717) is 30.7 Å². The van der Waals surface area contributed by atoms with Gasteiger partial charge in [0.05, 0.1) is 5.52 Å². The molecule has 3 rings (SSSR count).